The minimum Gasteiger partial charge on any atom is -0.381 e. The van der Waals surface area contributed by atoms with Gasteiger partial charge in [-0.05, 0) is 32.0 Å². The van der Waals surface area contributed by atoms with Crippen molar-refractivity contribution in [3.05, 3.63) is 35.1 Å². The fourth-order valence-electron chi connectivity index (χ4n) is 1.67. The Kier molecular flexibility index (Phi) is 5.19. The number of aliphatic hydroxyl groups is 1. The van der Waals surface area contributed by atoms with Gasteiger partial charge in [-0.3, -0.25) is 9.59 Å². The lowest BCUT2D eigenvalue weighted by molar-refractivity contribution is -0.130. The van der Waals surface area contributed by atoms with Gasteiger partial charge in [-0.25, -0.2) is 13.4 Å². The molecular formula is C14H14ClN3O5S2. The van der Waals surface area contributed by atoms with E-state index in [-0.39, 0.29) is 24.8 Å². The van der Waals surface area contributed by atoms with Crippen LogP contribution in [0.5, 0.6) is 0 Å². The van der Waals surface area contributed by atoms with Gasteiger partial charge >= 0.3 is 0 Å². The molecule has 4 N–H and O–H groups in total. The third-order valence-corrected chi connectivity index (χ3v) is 6.52. The lowest BCUT2D eigenvalue weighted by Gasteiger charge is -2.16. The van der Waals surface area contributed by atoms with Crippen LogP contribution in [-0.2, 0) is 14.6 Å². The van der Waals surface area contributed by atoms with Crippen molar-refractivity contribution in [1.29, 1.82) is 0 Å². The summed E-state index contributed by atoms with van der Waals surface area (Å²) in [6, 6.07) is 3.65. The molecule has 0 spiro atoms. The maximum Gasteiger partial charge on any atom is 0.256 e. The number of nitrogens with zero attached hydrogens (tertiary/aromatic N) is 1. The van der Waals surface area contributed by atoms with E-state index < -0.39 is 27.3 Å². The quantitative estimate of drug-likeness (QED) is 0.645. The SMILES string of the molecule is CC(C)(O)C(=O)Nc1sc(S(=O)(=O)c2ccc(Cl)nc2)cc1C(N)=O. The Hall–Kier alpha value is -2.01. The summed E-state index contributed by atoms with van der Waals surface area (Å²) in [5, 5.41) is 12.1. The molecule has 2 aromatic heterocycles. The molecule has 11 heteroatoms. The van der Waals surface area contributed by atoms with E-state index in [1.54, 1.807) is 0 Å². The number of amides is 2. The van der Waals surface area contributed by atoms with Crippen LogP contribution in [0.1, 0.15) is 24.2 Å². The molecule has 8 nitrogen and oxygen atoms in total. The molecule has 2 aromatic rings. The molecular weight excluding hydrogens is 390 g/mol. The standard InChI is InChI=1S/C14H14ClN3O5S2/c1-14(2,21)13(20)18-12-8(11(16)19)5-10(24-12)25(22,23)7-3-4-9(15)17-6-7/h3-6,21H,1-2H3,(H2,16,19)(H,18,20). The van der Waals surface area contributed by atoms with Gasteiger partial charge in [0.15, 0.2) is 0 Å². The summed E-state index contributed by atoms with van der Waals surface area (Å²) in [6.45, 7) is 2.49. The van der Waals surface area contributed by atoms with Crippen molar-refractivity contribution in [1.82, 2.24) is 4.98 Å². The number of nitrogens with one attached hydrogen (secondary N) is 1. The van der Waals surface area contributed by atoms with E-state index >= 15 is 0 Å². The first-order chi connectivity index (χ1) is 11.4. The number of halogens is 1. The average Bonchev–Trinajstić information content (AvgIpc) is 2.91. The highest BCUT2D eigenvalue weighted by Crippen LogP contribution is 2.35. The van der Waals surface area contributed by atoms with E-state index in [0.29, 0.717) is 11.3 Å². The van der Waals surface area contributed by atoms with Crippen LogP contribution in [-0.4, -0.2) is 35.9 Å². The van der Waals surface area contributed by atoms with Crippen LogP contribution >= 0.6 is 22.9 Å². The first-order valence-electron chi connectivity index (χ1n) is 6.77. The van der Waals surface area contributed by atoms with Crippen LogP contribution in [0.15, 0.2) is 33.5 Å². The molecule has 0 saturated heterocycles. The first kappa shape index (κ1) is 19.3. The van der Waals surface area contributed by atoms with Crippen molar-refractivity contribution < 1.29 is 23.1 Å². The molecule has 134 valence electrons. The van der Waals surface area contributed by atoms with Gasteiger partial charge in [-0.1, -0.05) is 11.6 Å². The fourth-order valence-corrected chi connectivity index (χ4v) is 4.49. The number of nitrogens with two attached hydrogens (primary N) is 1. The normalized spacial score (nSPS) is 12.0. The van der Waals surface area contributed by atoms with E-state index in [9.17, 15) is 23.1 Å². The molecule has 2 amide bonds. The van der Waals surface area contributed by atoms with Gasteiger partial charge in [0, 0.05) is 6.20 Å². The highest BCUT2D eigenvalue weighted by Gasteiger charge is 2.29. The summed E-state index contributed by atoms with van der Waals surface area (Å²) >= 11 is 6.29. The van der Waals surface area contributed by atoms with Crippen LogP contribution < -0.4 is 11.1 Å². The zero-order valence-electron chi connectivity index (χ0n) is 13.1. The topological polar surface area (TPSA) is 139 Å². The van der Waals surface area contributed by atoms with Crippen LogP contribution in [0, 0.1) is 0 Å². The molecule has 0 radical (unpaired) electrons. The van der Waals surface area contributed by atoms with Gasteiger partial charge in [0.1, 0.15) is 20.0 Å². The first-order valence-corrected chi connectivity index (χ1v) is 9.45. The van der Waals surface area contributed by atoms with Gasteiger partial charge in [-0.15, -0.1) is 11.3 Å². The molecule has 2 rings (SSSR count). The summed E-state index contributed by atoms with van der Waals surface area (Å²) in [7, 11) is -3.99. The number of pyridine rings is 1. The molecule has 0 bridgehead atoms. The van der Waals surface area contributed by atoms with Crippen molar-refractivity contribution in [2.24, 2.45) is 5.73 Å². The number of rotatable bonds is 5. The number of primary amides is 1. The van der Waals surface area contributed by atoms with E-state index in [2.05, 4.69) is 10.3 Å². The molecule has 25 heavy (non-hydrogen) atoms. The third-order valence-electron chi connectivity index (χ3n) is 3.03. The third kappa shape index (κ3) is 4.15. The molecule has 0 atom stereocenters. The van der Waals surface area contributed by atoms with Gasteiger partial charge < -0.3 is 16.2 Å². The number of hydrogen-bond acceptors (Lipinski definition) is 7. The van der Waals surface area contributed by atoms with E-state index in [1.807, 2.05) is 0 Å². The maximum atomic E-state index is 12.6. The zero-order chi connectivity index (χ0) is 19.0. The number of hydrogen-bond donors (Lipinski definition) is 3. The van der Waals surface area contributed by atoms with Crippen LogP contribution in [0.2, 0.25) is 5.15 Å². The molecule has 0 aliphatic carbocycles. The predicted molar refractivity (Wildman–Crippen MR) is 92.5 cm³/mol. The number of carbonyl (C=O) groups excluding carboxylic acids is 2. The van der Waals surface area contributed by atoms with Gasteiger partial charge in [0.05, 0.1) is 10.5 Å². The van der Waals surface area contributed by atoms with E-state index in [1.165, 1.54) is 26.0 Å². The number of carbonyl (C=O) groups is 2. The lowest BCUT2D eigenvalue weighted by atomic mass is 10.1. The number of aromatic nitrogens is 1. The smallest absolute Gasteiger partial charge is 0.256 e. The van der Waals surface area contributed by atoms with Crippen LogP contribution in [0.25, 0.3) is 0 Å². The summed E-state index contributed by atoms with van der Waals surface area (Å²) in [5.74, 6) is -1.73. The van der Waals surface area contributed by atoms with Crippen molar-refractivity contribution >= 4 is 49.6 Å². The summed E-state index contributed by atoms with van der Waals surface area (Å²) in [6.07, 6.45) is 1.08. The Bertz CT molecular complexity index is 930. The zero-order valence-corrected chi connectivity index (χ0v) is 15.5. The molecule has 0 aliphatic rings. The minimum absolute atomic E-state index is 0.0693. The molecule has 0 unspecified atom stereocenters. The Balaban J connectivity index is 2.50. The maximum absolute atomic E-state index is 12.6. The highest BCUT2D eigenvalue weighted by atomic mass is 35.5. The minimum atomic E-state index is -3.99. The molecule has 0 saturated carbocycles. The van der Waals surface area contributed by atoms with Crippen LogP contribution in [0.3, 0.4) is 0 Å². The number of thiophene rings is 1. The van der Waals surface area contributed by atoms with Gasteiger partial charge in [0.2, 0.25) is 9.84 Å². The Labute approximate surface area is 152 Å². The van der Waals surface area contributed by atoms with Crippen LogP contribution in [0.4, 0.5) is 5.00 Å². The predicted octanol–water partition coefficient (Wildman–Crippen LogP) is 1.44. The Morgan fingerprint density at radius 1 is 1.36 bits per heavy atom. The number of sulfone groups is 1. The molecule has 0 aromatic carbocycles. The van der Waals surface area contributed by atoms with Gasteiger partial charge in [0.25, 0.3) is 11.8 Å². The second kappa shape index (κ2) is 6.71. The molecule has 2 heterocycles. The summed E-state index contributed by atoms with van der Waals surface area (Å²) < 4.78 is 25.0. The van der Waals surface area contributed by atoms with E-state index in [4.69, 9.17) is 17.3 Å². The van der Waals surface area contributed by atoms with Crippen molar-refractivity contribution in [2.45, 2.75) is 28.6 Å². The number of anilines is 1. The van der Waals surface area contributed by atoms with Crippen molar-refractivity contribution in [2.75, 3.05) is 5.32 Å². The molecule has 0 fully saturated rings. The van der Waals surface area contributed by atoms with E-state index in [0.717, 1.165) is 12.3 Å². The Morgan fingerprint density at radius 3 is 2.48 bits per heavy atom. The second-order valence-corrected chi connectivity index (χ2v) is 9.12. The van der Waals surface area contributed by atoms with Crippen molar-refractivity contribution in [3.8, 4) is 0 Å². The molecule has 0 aliphatic heterocycles. The summed E-state index contributed by atoms with van der Waals surface area (Å²) in [5.41, 5.74) is 3.34. The fraction of sp³-hybridized carbons (Fsp3) is 0.214. The second-order valence-electron chi connectivity index (χ2n) is 5.51. The Morgan fingerprint density at radius 2 is 2.00 bits per heavy atom. The average molecular weight is 404 g/mol. The lowest BCUT2D eigenvalue weighted by Crippen LogP contribution is -2.36. The highest BCUT2D eigenvalue weighted by molar-refractivity contribution is 7.93. The van der Waals surface area contributed by atoms with Crippen molar-refractivity contribution in [3.63, 3.8) is 0 Å². The summed E-state index contributed by atoms with van der Waals surface area (Å²) in [4.78, 5) is 27.0. The van der Waals surface area contributed by atoms with Gasteiger partial charge in [-0.2, -0.15) is 0 Å². The largest absolute Gasteiger partial charge is 0.381 e. The monoisotopic (exact) mass is 403 g/mol.